The zero-order valence-corrected chi connectivity index (χ0v) is 73.8. The summed E-state index contributed by atoms with van der Waals surface area (Å²) in [7, 11) is 0. The van der Waals surface area contributed by atoms with E-state index in [0.717, 1.165) is 0 Å². The van der Waals surface area contributed by atoms with E-state index in [4.69, 9.17) is 144 Å². The first-order valence-electron chi connectivity index (χ1n) is 37.9. The molecular formula is C68H134Cl8N24O19. The van der Waals surface area contributed by atoms with Gasteiger partial charge in [0.05, 0.1) is 0 Å². The Kier molecular flexibility index (Phi) is 79.7. The molecule has 43 nitrogen and oxygen atoms in total. The smallest absolute Gasteiger partial charge is 0.306 e. The zero-order valence-electron chi connectivity index (χ0n) is 67.3. The van der Waals surface area contributed by atoms with Crippen molar-refractivity contribution in [2.24, 2.45) is 132 Å². The Bertz CT molecular complexity index is 2850. The predicted molar refractivity (Wildman–Crippen MR) is 471 cm³/mol. The van der Waals surface area contributed by atoms with Crippen LogP contribution in [-0.2, 0) is 90.5 Å². The van der Waals surface area contributed by atoms with Crippen LogP contribution in [0.25, 0.3) is 0 Å². The van der Waals surface area contributed by atoms with E-state index in [-0.39, 0.29) is 289 Å². The van der Waals surface area contributed by atoms with Crippen LogP contribution in [-0.4, -0.2) is 222 Å². The van der Waals surface area contributed by atoms with Crippen LogP contribution in [0.2, 0.25) is 0 Å². The summed E-state index contributed by atoms with van der Waals surface area (Å²) in [6.07, 6.45) is -12.4. The first kappa shape index (κ1) is 124. The molecule has 0 aromatic heterocycles. The molecule has 0 aliphatic carbocycles. The van der Waals surface area contributed by atoms with Crippen molar-refractivity contribution in [2.45, 2.75) is 267 Å². The maximum atomic E-state index is 14.6. The van der Waals surface area contributed by atoms with E-state index in [1.54, 1.807) is 0 Å². The average Bonchev–Trinajstić information content (AvgIpc) is 0.765. The normalized spacial score (nSPS) is 17.7. The molecule has 51 heteroatoms. The van der Waals surface area contributed by atoms with Crippen LogP contribution in [0.1, 0.15) is 205 Å². The highest BCUT2D eigenvalue weighted by Crippen LogP contribution is 2.37. The number of rotatable bonds is 60. The fraction of sp³-hybridized carbons (Fsp3) is 0.765. The first-order chi connectivity index (χ1) is 53.0. The Balaban J connectivity index is -0.00000314. The largest absolute Gasteiger partial charge is 0.463 e. The van der Waals surface area contributed by atoms with Gasteiger partial charge in [-0.25, -0.2) is 0 Å². The fourth-order valence-corrected chi connectivity index (χ4v) is 11.1. The highest BCUT2D eigenvalue weighted by atomic mass is 35.5. The molecule has 2 aliphatic rings. The molecular weight excluding hydrogens is 1740 g/mol. The van der Waals surface area contributed by atoms with Crippen molar-refractivity contribution in [3.63, 3.8) is 0 Å². The van der Waals surface area contributed by atoms with Gasteiger partial charge in [0.1, 0.15) is 25.4 Å². The maximum Gasteiger partial charge on any atom is 0.306 e. The third kappa shape index (κ3) is 63.7. The minimum Gasteiger partial charge on any atom is -0.463 e. The van der Waals surface area contributed by atoms with E-state index < -0.39 is 122 Å². The molecule has 0 saturated carbocycles. The number of esters is 8. The zero-order chi connectivity index (χ0) is 82.1. The van der Waals surface area contributed by atoms with Gasteiger partial charge >= 0.3 is 47.8 Å². The molecule has 2 fully saturated rings. The van der Waals surface area contributed by atoms with Crippen molar-refractivity contribution in [3.8, 4) is 0 Å². The summed E-state index contributed by atoms with van der Waals surface area (Å²) in [5.41, 5.74) is 88.7. The SMILES string of the molecule is Cl.Cl.Cl.Cl.Cl.Cl.Cl.Cl.NC(N)=NCCCCCC(=O)OCC1OC(OC2OC(COC(=O)CCCCCN=C(N)N)C(OC(=O)CCCCCN=C(N)N)C(OC(=O)CCCCCN=C(N)N)C2OC(=O)CCCCCN=C(N)N)C(OC(=O)CCCCCN=C(N)N)C(OC(=O)CCCCCN=C(N)N)C1OC(=O)CCCCCN=C(N)N. The summed E-state index contributed by atoms with van der Waals surface area (Å²) < 4.78 is 70.0. The molecule has 0 aromatic carbocycles. The van der Waals surface area contributed by atoms with Crippen LogP contribution in [0.3, 0.4) is 0 Å². The minimum atomic E-state index is -2.14. The van der Waals surface area contributed by atoms with Crippen LogP contribution in [0.4, 0.5) is 0 Å². The van der Waals surface area contributed by atoms with Crippen molar-refractivity contribution in [3.05, 3.63) is 0 Å². The lowest BCUT2D eigenvalue weighted by Gasteiger charge is -2.48. The Morgan fingerprint density at radius 3 is 0.546 bits per heavy atom. The number of unbranched alkanes of at least 4 members (excludes halogenated alkanes) is 16. The van der Waals surface area contributed by atoms with Crippen molar-refractivity contribution in [1.82, 2.24) is 0 Å². The second-order valence-corrected chi connectivity index (χ2v) is 26.3. The molecule has 0 spiro atoms. The van der Waals surface area contributed by atoms with Gasteiger partial charge in [-0.1, -0.05) is 51.4 Å². The van der Waals surface area contributed by atoms with Gasteiger partial charge in [0, 0.05) is 104 Å². The molecule has 2 heterocycles. The van der Waals surface area contributed by atoms with E-state index in [2.05, 4.69) is 39.9 Å². The Hall–Kier alpha value is -7.88. The summed E-state index contributed by atoms with van der Waals surface area (Å²) in [4.78, 5) is 147. The van der Waals surface area contributed by atoms with Gasteiger partial charge in [-0.3, -0.25) is 78.3 Å². The molecule has 2 saturated heterocycles. The van der Waals surface area contributed by atoms with Gasteiger partial charge in [-0.05, 0) is 103 Å². The van der Waals surface area contributed by atoms with Crippen molar-refractivity contribution >= 4 is 195 Å². The molecule has 10 unspecified atom stereocenters. The monoisotopic (exact) mass is 1870 g/mol. The lowest BCUT2D eigenvalue weighted by molar-refractivity contribution is -0.378. The van der Waals surface area contributed by atoms with E-state index in [1.807, 2.05) is 0 Å². The number of carbonyl (C=O) groups is 8. The molecule has 0 aromatic rings. The van der Waals surface area contributed by atoms with Crippen LogP contribution < -0.4 is 91.7 Å². The number of guanidine groups is 8. The first-order valence-corrected chi connectivity index (χ1v) is 37.9. The number of carbonyl (C=O) groups excluding carboxylic acids is 8. The van der Waals surface area contributed by atoms with Gasteiger partial charge in [0.15, 0.2) is 84.3 Å². The Morgan fingerprint density at radius 2 is 0.370 bits per heavy atom. The number of nitrogens with two attached hydrogens (primary N) is 16. The standard InChI is InChI=1S/C68H126N24O19.8ClH/c69-61(70)85-33-17-1-9-25-45(93)101-41-43-53(105-47(95)27-11-3-19-35-87-63(73)74)55(107-49(97)29-13-5-21-37-89-65(77)78)57(109-51(99)31-15-7-23-39-91-67(81)82)59(103-43)111-60-58(110-52(100)32-16-8-24-40-92-68(83)84)56(108-50(98)30-14-6-22-38-90-66(79)80)54(106-48(96)28-12-4-20-36-88-64(75)76)44(104-60)42-102-46(94)26-10-2-18-34-86-62(71)72;;;;;;;;/h43-44,53-60H,1-42H2,(H4,69,70,85)(H4,71,72,86)(H4,73,74,87)(H4,75,76,88)(H4,77,78,89)(H4,79,80,90)(H4,81,82,91)(H4,83,84,92);8*1H. The summed E-state index contributed by atoms with van der Waals surface area (Å²) in [5.74, 6) is -8.05. The number of nitrogens with zero attached hydrogens (tertiary/aromatic N) is 8. The van der Waals surface area contributed by atoms with Crippen molar-refractivity contribution in [2.75, 3.05) is 65.6 Å². The van der Waals surface area contributed by atoms with E-state index in [1.165, 1.54) is 0 Å². The third-order valence-corrected chi connectivity index (χ3v) is 16.5. The molecule has 2 rings (SSSR count). The van der Waals surface area contributed by atoms with Gasteiger partial charge in [0.2, 0.25) is 12.6 Å². The molecule has 696 valence electrons. The second-order valence-electron chi connectivity index (χ2n) is 26.3. The molecule has 2 aliphatic heterocycles. The van der Waals surface area contributed by atoms with E-state index >= 15 is 0 Å². The van der Waals surface area contributed by atoms with Gasteiger partial charge in [-0.15, -0.1) is 99.3 Å². The number of hydrogen-bond donors (Lipinski definition) is 16. The fourth-order valence-electron chi connectivity index (χ4n) is 11.1. The minimum absolute atomic E-state index is 0. The number of halogens is 8. The summed E-state index contributed by atoms with van der Waals surface area (Å²) in [6.45, 7) is 0.428. The number of hydrogen-bond acceptors (Lipinski definition) is 27. The van der Waals surface area contributed by atoms with Gasteiger partial charge in [0.25, 0.3) is 0 Å². The van der Waals surface area contributed by atoms with Crippen LogP contribution in [0.15, 0.2) is 39.9 Å². The van der Waals surface area contributed by atoms with Crippen LogP contribution in [0, 0.1) is 0 Å². The summed E-state index contributed by atoms with van der Waals surface area (Å²) in [5, 5.41) is 0. The quantitative estimate of drug-likeness (QED) is 0.0133. The highest BCUT2D eigenvalue weighted by molar-refractivity contribution is 5.87. The Morgan fingerprint density at radius 1 is 0.210 bits per heavy atom. The number of aliphatic imine (C=N–C) groups is 8. The molecule has 10 atom stereocenters. The molecule has 32 N–H and O–H groups in total. The van der Waals surface area contributed by atoms with Gasteiger partial charge < -0.3 is 144 Å². The second kappa shape index (κ2) is 76.3. The van der Waals surface area contributed by atoms with Crippen LogP contribution >= 0.6 is 99.3 Å². The molecule has 0 bridgehead atoms. The molecule has 0 radical (unpaired) electrons. The Labute approximate surface area is 745 Å². The summed E-state index contributed by atoms with van der Waals surface area (Å²) in [6, 6.07) is 0. The van der Waals surface area contributed by atoms with E-state index in [0.29, 0.717) is 116 Å². The number of ether oxygens (including phenoxy) is 11. The average molecular weight is 1880 g/mol. The maximum absolute atomic E-state index is 14.6. The predicted octanol–water partition coefficient (Wildman–Crippen LogP) is 1.05. The molecule has 0 amide bonds. The highest BCUT2D eigenvalue weighted by Gasteiger charge is 2.58. The summed E-state index contributed by atoms with van der Waals surface area (Å²) >= 11 is 0. The van der Waals surface area contributed by atoms with Crippen molar-refractivity contribution < 1.29 is 90.5 Å². The van der Waals surface area contributed by atoms with Crippen LogP contribution in [0.5, 0.6) is 0 Å². The lowest BCUT2D eigenvalue weighted by Crippen LogP contribution is -2.67. The van der Waals surface area contributed by atoms with Crippen molar-refractivity contribution in [1.29, 1.82) is 0 Å². The lowest BCUT2D eigenvalue weighted by atomic mass is 9.96. The van der Waals surface area contributed by atoms with E-state index in [9.17, 15) is 38.4 Å². The molecule has 119 heavy (non-hydrogen) atoms. The third-order valence-electron chi connectivity index (χ3n) is 16.5. The topological polar surface area (TPSA) is 753 Å². The van der Waals surface area contributed by atoms with Gasteiger partial charge in [-0.2, -0.15) is 0 Å².